The summed E-state index contributed by atoms with van der Waals surface area (Å²) < 4.78 is 7.05. The Morgan fingerprint density at radius 1 is 1.40 bits per heavy atom. The van der Waals surface area contributed by atoms with Crippen LogP contribution >= 0.6 is 0 Å². The van der Waals surface area contributed by atoms with E-state index in [4.69, 9.17) is 4.74 Å². The molecule has 1 N–H and O–H groups in total. The Balaban J connectivity index is 1.68. The van der Waals surface area contributed by atoms with Gasteiger partial charge in [0.25, 0.3) is 5.91 Å². The standard InChI is InChI=1S/C18H22N4O3/c1-3-9-21-12-13(11-19-21)17(23)20-14-8-10-22(18(14)24)15-6-4-5-7-16(15)25-2/h4-7,11-12,14H,3,8-10H2,1-2H3,(H,20,23)/t14-/m0/s1. The van der Waals surface area contributed by atoms with E-state index in [-0.39, 0.29) is 11.8 Å². The van der Waals surface area contributed by atoms with Gasteiger partial charge in [-0.3, -0.25) is 14.3 Å². The zero-order valence-electron chi connectivity index (χ0n) is 14.4. The number of ether oxygens (including phenoxy) is 1. The number of hydrogen-bond donors (Lipinski definition) is 1. The van der Waals surface area contributed by atoms with E-state index in [9.17, 15) is 9.59 Å². The van der Waals surface area contributed by atoms with E-state index in [0.29, 0.717) is 24.3 Å². The number of rotatable bonds is 6. The number of nitrogens with one attached hydrogen (secondary N) is 1. The SMILES string of the molecule is CCCn1cc(C(=O)N[C@H]2CCN(c3ccccc3OC)C2=O)cn1. The third-order valence-corrected chi connectivity index (χ3v) is 4.23. The lowest BCUT2D eigenvalue weighted by Crippen LogP contribution is -2.41. The Hall–Kier alpha value is -2.83. The molecule has 0 spiro atoms. The summed E-state index contributed by atoms with van der Waals surface area (Å²) in [6.45, 7) is 3.35. The first kappa shape index (κ1) is 17.0. The summed E-state index contributed by atoms with van der Waals surface area (Å²) in [6.07, 6.45) is 4.74. The maximum atomic E-state index is 12.7. The van der Waals surface area contributed by atoms with Crippen LogP contribution in [0.5, 0.6) is 5.75 Å². The van der Waals surface area contributed by atoms with Crippen molar-refractivity contribution in [2.75, 3.05) is 18.6 Å². The van der Waals surface area contributed by atoms with Crippen molar-refractivity contribution in [1.82, 2.24) is 15.1 Å². The van der Waals surface area contributed by atoms with Crippen molar-refractivity contribution in [1.29, 1.82) is 0 Å². The maximum Gasteiger partial charge on any atom is 0.255 e. The zero-order valence-corrected chi connectivity index (χ0v) is 14.4. The number of hydrogen-bond acceptors (Lipinski definition) is 4. The summed E-state index contributed by atoms with van der Waals surface area (Å²) >= 11 is 0. The first-order valence-corrected chi connectivity index (χ1v) is 8.41. The molecule has 1 fully saturated rings. The second kappa shape index (κ2) is 7.38. The topological polar surface area (TPSA) is 76.5 Å². The quantitative estimate of drug-likeness (QED) is 0.869. The van der Waals surface area contributed by atoms with Gasteiger partial charge in [0, 0.05) is 19.3 Å². The minimum absolute atomic E-state index is 0.126. The summed E-state index contributed by atoms with van der Waals surface area (Å²) in [7, 11) is 1.58. The number of amides is 2. The van der Waals surface area contributed by atoms with Crippen LogP contribution in [0.3, 0.4) is 0 Å². The fourth-order valence-corrected chi connectivity index (χ4v) is 2.98. The van der Waals surface area contributed by atoms with Crippen LogP contribution in [0.1, 0.15) is 30.1 Å². The van der Waals surface area contributed by atoms with Gasteiger partial charge in [-0.25, -0.2) is 0 Å². The number of anilines is 1. The van der Waals surface area contributed by atoms with Crippen molar-refractivity contribution < 1.29 is 14.3 Å². The normalized spacial score (nSPS) is 17.0. The van der Waals surface area contributed by atoms with Crippen LogP contribution in [-0.2, 0) is 11.3 Å². The van der Waals surface area contributed by atoms with Crippen molar-refractivity contribution in [2.45, 2.75) is 32.4 Å². The van der Waals surface area contributed by atoms with Crippen molar-refractivity contribution >= 4 is 17.5 Å². The number of methoxy groups -OCH3 is 1. The van der Waals surface area contributed by atoms with Crippen LogP contribution in [0.2, 0.25) is 0 Å². The van der Waals surface area contributed by atoms with Gasteiger partial charge in [0.1, 0.15) is 11.8 Å². The number of carbonyl (C=O) groups is 2. The lowest BCUT2D eigenvalue weighted by atomic mass is 10.2. The fourth-order valence-electron chi connectivity index (χ4n) is 2.98. The first-order valence-electron chi connectivity index (χ1n) is 8.41. The van der Waals surface area contributed by atoms with Crippen LogP contribution < -0.4 is 15.0 Å². The average Bonchev–Trinajstić information content (AvgIpc) is 3.23. The van der Waals surface area contributed by atoms with E-state index >= 15 is 0 Å². The molecule has 132 valence electrons. The van der Waals surface area contributed by atoms with E-state index in [1.807, 2.05) is 31.2 Å². The summed E-state index contributed by atoms with van der Waals surface area (Å²) in [6, 6.07) is 6.84. The van der Waals surface area contributed by atoms with Crippen LogP contribution in [0, 0.1) is 0 Å². The predicted molar refractivity (Wildman–Crippen MR) is 93.7 cm³/mol. The van der Waals surface area contributed by atoms with Crippen molar-refractivity contribution in [2.24, 2.45) is 0 Å². The molecule has 2 aromatic rings. The molecule has 2 heterocycles. The van der Waals surface area contributed by atoms with Gasteiger partial charge >= 0.3 is 0 Å². The highest BCUT2D eigenvalue weighted by Gasteiger charge is 2.35. The second-order valence-electron chi connectivity index (χ2n) is 5.97. The molecule has 3 rings (SSSR count). The van der Waals surface area contributed by atoms with Gasteiger partial charge in [0.15, 0.2) is 0 Å². The van der Waals surface area contributed by atoms with E-state index in [1.165, 1.54) is 6.20 Å². The Labute approximate surface area is 146 Å². The van der Waals surface area contributed by atoms with Crippen LogP contribution in [0.15, 0.2) is 36.7 Å². The van der Waals surface area contributed by atoms with E-state index in [0.717, 1.165) is 18.7 Å². The number of carbonyl (C=O) groups excluding carboxylic acids is 2. The van der Waals surface area contributed by atoms with Crippen molar-refractivity contribution in [3.05, 3.63) is 42.2 Å². The molecule has 1 saturated heterocycles. The number of aryl methyl sites for hydroxylation is 1. The summed E-state index contributed by atoms with van der Waals surface area (Å²) in [4.78, 5) is 26.7. The number of para-hydroxylation sites is 2. The molecule has 25 heavy (non-hydrogen) atoms. The number of benzene rings is 1. The minimum Gasteiger partial charge on any atom is -0.495 e. The fraction of sp³-hybridized carbons (Fsp3) is 0.389. The lowest BCUT2D eigenvalue weighted by Gasteiger charge is -2.19. The predicted octanol–water partition coefficient (Wildman–Crippen LogP) is 1.84. The van der Waals surface area contributed by atoms with Gasteiger partial charge in [-0.2, -0.15) is 5.10 Å². The Morgan fingerprint density at radius 3 is 2.96 bits per heavy atom. The van der Waals surface area contributed by atoms with Gasteiger partial charge in [0.2, 0.25) is 5.91 Å². The molecule has 2 amide bonds. The molecule has 1 aliphatic heterocycles. The first-order chi connectivity index (χ1) is 12.1. The maximum absolute atomic E-state index is 12.7. The Kier molecular flexibility index (Phi) is 5.02. The van der Waals surface area contributed by atoms with Gasteiger partial charge in [-0.1, -0.05) is 19.1 Å². The molecule has 7 nitrogen and oxygen atoms in total. The summed E-state index contributed by atoms with van der Waals surface area (Å²) in [5.41, 5.74) is 1.19. The highest BCUT2D eigenvalue weighted by Crippen LogP contribution is 2.31. The smallest absolute Gasteiger partial charge is 0.255 e. The number of nitrogens with zero attached hydrogens (tertiary/aromatic N) is 3. The summed E-state index contributed by atoms with van der Waals surface area (Å²) in [5, 5.41) is 6.96. The third-order valence-electron chi connectivity index (χ3n) is 4.23. The van der Waals surface area contributed by atoms with Crippen LogP contribution in [-0.4, -0.2) is 41.3 Å². The molecule has 1 atom stereocenters. The molecule has 0 saturated carbocycles. The molecular formula is C18H22N4O3. The molecule has 1 aromatic carbocycles. The minimum atomic E-state index is -0.535. The van der Waals surface area contributed by atoms with Gasteiger partial charge in [-0.15, -0.1) is 0 Å². The summed E-state index contributed by atoms with van der Waals surface area (Å²) in [5.74, 6) is 0.241. The largest absolute Gasteiger partial charge is 0.495 e. The third kappa shape index (κ3) is 3.50. The van der Waals surface area contributed by atoms with E-state index in [1.54, 1.807) is 22.9 Å². The molecule has 0 unspecified atom stereocenters. The molecule has 0 bridgehead atoms. The van der Waals surface area contributed by atoms with Gasteiger partial charge in [-0.05, 0) is 25.0 Å². The van der Waals surface area contributed by atoms with Gasteiger partial charge < -0.3 is 15.0 Å². The lowest BCUT2D eigenvalue weighted by molar-refractivity contribution is -0.118. The zero-order chi connectivity index (χ0) is 17.8. The van der Waals surface area contributed by atoms with Crippen LogP contribution in [0.4, 0.5) is 5.69 Å². The Morgan fingerprint density at radius 2 is 2.20 bits per heavy atom. The second-order valence-corrected chi connectivity index (χ2v) is 5.97. The molecule has 1 aromatic heterocycles. The van der Waals surface area contributed by atoms with Gasteiger partial charge in [0.05, 0.1) is 24.6 Å². The van der Waals surface area contributed by atoms with Crippen molar-refractivity contribution in [3.63, 3.8) is 0 Å². The average molecular weight is 342 g/mol. The van der Waals surface area contributed by atoms with E-state index < -0.39 is 6.04 Å². The highest BCUT2D eigenvalue weighted by molar-refractivity contribution is 6.04. The molecule has 1 aliphatic rings. The van der Waals surface area contributed by atoms with Crippen molar-refractivity contribution in [3.8, 4) is 5.75 Å². The Bertz CT molecular complexity index is 771. The monoisotopic (exact) mass is 342 g/mol. The highest BCUT2D eigenvalue weighted by atomic mass is 16.5. The molecular weight excluding hydrogens is 320 g/mol. The van der Waals surface area contributed by atoms with Crippen LogP contribution in [0.25, 0.3) is 0 Å². The number of aromatic nitrogens is 2. The molecule has 7 heteroatoms. The van der Waals surface area contributed by atoms with E-state index in [2.05, 4.69) is 10.4 Å². The molecule has 0 radical (unpaired) electrons. The molecule has 0 aliphatic carbocycles.